The molecule has 2 aromatic heterocycles. The lowest BCUT2D eigenvalue weighted by atomic mass is 10.1. The third-order valence-corrected chi connectivity index (χ3v) is 4.86. The zero-order chi connectivity index (χ0) is 16.0. The predicted molar refractivity (Wildman–Crippen MR) is 100 cm³/mol. The minimum atomic E-state index is 0.926. The van der Waals surface area contributed by atoms with Gasteiger partial charge in [0.15, 0.2) is 0 Å². The summed E-state index contributed by atoms with van der Waals surface area (Å²) in [7, 11) is 2.04. The molecule has 0 fully saturated rings. The molecule has 5 heteroatoms. The third-order valence-electron chi connectivity index (χ3n) is 3.88. The van der Waals surface area contributed by atoms with Crippen molar-refractivity contribution in [3.05, 3.63) is 69.9 Å². The summed E-state index contributed by atoms with van der Waals surface area (Å²) >= 11 is 7.04. The van der Waals surface area contributed by atoms with Crippen molar-refractivity contribution in [2.24, 2.45) is 7.05 Å². The number of hydrogen-bond acceptors (Lipinski definition) is 1. The number of aromatic nitrogens is 3. The van der Waals surface area contributed by atoms with Gasteiger partial charge in [-0.1, -0.05) is 56.1 Å². The van der Waals surface area contributed by atoms with Crippen molar-refractivity contribution < 1.29 is 0 Å². The Bertz CT molecular complexity index is 1010. The fourth-order valence-corrected chi connectivity index (χ4v) is 3.55. The van der Waals surface area contributed by atoms with Crippen LogP contribution in [0.5, 0.6) is 0 Å². The summed E-state index contributed by atoms with van der Waals surface area (Å²) in [6, 6.07) is 16.5. The van der Waals surface area contributed by atoms with E-state index in [1.54, 1.807) is 0 Å². The molecule has 114 valence electrons. The molecular weight excluding hydrogens is 418 g/mol. The first-order chi connectivity index (χ1) is 11.1. The molecule has 0 unspecified atom stereocenters. The van der Waals surface area contributed by atoms with Crippen LogP contribution in [0.1, 0.15) is 0 Å². The molecule has 0 aliphatic rings. The number of benzene rings is 2. The summed E-state index contributed by atoms with van der Waals surface area (Å²) in [6.45, 7) is 0. The maximum atomic E-state index is 4.79. The van der Waals surface area contributed by atoms with E-state index in [4.69, 9.17) is 4.98 Å². The molecule has 0 amide bonds. The van der Waals surface area contributed by atoms with Gasteiger partial charge in [0, 0.05) is 39.5 Å². The average molecular weight is 431 g/mol. The third kappa shape index (κ3) is 2.64. The maximum Gasteiger partial charge on any atom is 0.214 e. The van der Waals surface area contributed by atoms with Crippen molar-refractivity contribution in [3.63, 3.8) is 0 Å². The molecule has 0 radical (unpaired) electrons. The predicted octanol–water partition coefficient (Wildman–Crippen LogP) is 5.53. The van der Waals surface area contributed by atoms with Crippen molar-refractivity contribution in [1.82, 2.24) is 14.0 Å². The number of rotatable bonds is 2. The van der Waals surface area contributed by atoms with Gasteiger partial charge in [-0.25, -0.2) is 4.98 Å². The largest absolute Gasteiger partial charge is 0.313 e. The van der Waals surface area contributed by atoms with Gasteiger partial charge in [-0.05, 0) is 24.3 Å². The standard InChI is InChI=1S/C18H13Br2N3/c1-22-17(13-5-3-7-15(20)9-13)11-23-10-16(21-18(22)23)12-4-2-6-14(19)8-12/h2-11H,1H3. The van der Waals surface area contributed by atoms with Crippen molar-refractivity contribution in [1.29, 1.82) is 0 Å². The molecule has 0 atom stereocenters. The monoisotopic (exact) mass is 429 g/mol. The first kappa shape index (κ1) is 14.7. The Morgan fingerprint density at radius 1 is 0.870 bits per heavy atom. The van der Waals surface area contributed by atoms with Crippen molar-refractivity contribution in [3.8, 4) is 22.5 Å². The van der Waals surface area contributed by atoms with Gasteiger partial charge in [0.25, 0.3) is 0 Å². The van der Waals surface area contributed by atoms with E-state index in [9.17, 15) is 0 Å². The fraction of sp³-hybridized carbons (Fsp3) is 0.0556. The van der Waals surface area contributed by atoms with Crippen LogP contribution in [0.15, 0.2) is 69.9 Å². The molecule has 0 saturated carbocycles. The molecule has 4 aromatic rings. The zero-order valence-electron chi connectivity index (χ0n) is 12.4. The number of fused-ring (bicyclic) bond motifs is 1. The number of halogens is 2. The summed E-state index contributed by atoms with van der Waals surface area (Å²) in [5.74, 6) is 0.926. The van der Waals surface area contributed by atoms with Gasteiger partial charge in [-0.2, -0.15) is 0 Å². The maximum absolute atomic E-state index is 4.79. The number of aryl methyl sites for hydroxylation is 1. The molecule has 0 saturated heterocycles. The van der Waals surface area contributed by atoms with Gasteiger partial charge >= 0.3 is 0 Å². The Kier molecular flexibility index (Phi) is 3.62. The Morgan fingerprint density at radius 2 is 1.52 bits per heavy atom. The van der Waals surface area contributed by atoms with Gasteiger partial charge < -0.3 is 4.57 Å². The highest BCUT2D eigenvalue weighted by Gasteiger charge is 2.12. The summed E-state index contributed by atoms with van der Waals surface area (Å²) < 4.78 is 6.32. The van der Waals surface area contributed by atoms with E-state index >= 15 is 0 Å². The van der Waals surface area contributed by atoms with Crippen LogP contribution in [-0.4, -0.2) is 14.0 Å². The highest BCUT2D eigenvalue weighted by molar-refractivity contribution is 9.10. The molecule has 0 spiro atoms. The molecule has 0 N–H and O–H groups in total. The van der Waals surface area contributed by atoms with Gasteiger partial charge in [0.05, 0.1) is 11.4 Å². The van der Waals surface area contributed by atoms with Crippen LogP contribution in [0.3, 0.4) is 0 Å². The van der Waals surface area contributed by atoms with Crippen LogP contribution >= 0.6 is 31.9 Å². The Labute approximate surface area is 150 Å². The van der Waals surface area contributed by atoms with E-state index in [0.717, 1.165) is 37.2 Å². The smallest absolute Gasteiger partial charge is 0.214 e. The quantitative estimate of drug-likeness (QED) is 0.409. The average Bonchev–Trinajstić information content (AvgIpc) is 3.07. The molecule has 0 aliphatic carbocycles. The normalized spacial score (nSPS) is 11.3. The number of imidazole rings is 2. The Morgan fingerprint density at radius 3 is 2.17 bits per heavy atom. The van der Waals surface area contributed by atoms with Crippen LogP contribution in [0.2, 0.25) is 0 Å². The van der Waals surface area contributed by atoms with Crippen LogP contribution in [0, 0.1) is 0 Å². The molecule has 2 heterocycles. The SMILES string of the molecule is Cn1c(-c2cccc(Br)c2)cn2cc(-c3cccc(Br)c3)nc12. The highest BCUT2D eigenvalue weighted by atomic mass is 79.9. The summed E-state index contributed by atoms with van der Waals surface area (Å²) in [5.41, 5.74) is 4.37. The fourth-order valence-electron chi connectivity index (χ4n) is 2.76. The van der Waals surface area contributed by atoms with Gasteiger partial charge in [0.2, 0.25) is 5.78 Å². The molecule has 2 aromatic carbocycles. The summed E-state index contributed by atoms with van der Waals surface area (Å²) in [4.78, 5) is 4.79. The number of nitrogens with zero attached hydrogens (tertiary/aromatic N) is 3. The van der Waals surface area contributed by atoms with Crippen molar-refractivity contribution in [2.75, 3.05) is 0 Å². The van der Waals surface area contributed by atoms with E-state index in [1.807, 2.05) is 31.3 Å². The van der Waals surface area contributed by atoms with Gasteiger partial charge in [-0.15, -0.1) is 0 Å². The second kappa shape index (κ2) is 5.65. The van der Waals surface area contributed by atoms with Gasteiger partial charge in [0.1, 0.15) is 0 Å². The van der Waals surface area contributed by atoms with Crippen LogP contribution in [-0.2, 0) is 7.05 Å². The van der Waals surface area contributed by atoms with Crippen molar-refractivity contribution in [2.45, 2.75) is 0 Å². The Balaban J connectivity index is 1.83. The Hall–Kier alpha value is -1.85. The van der Waals surface area contributed by atoms with Gasteiger partial charge in [-0.3, -0.25) is 4.40 Å². The zero-order valence-corrected chi connectivity index (χ0v) is 15.5. The van der Waals surface area contributed by atoms with E-state index in [-0.39, 0.29) is 0 Å². The molecule has 23 heavy (non-hydrogen) atoms. The van der Waals surface area contributed by atoms with Crippen molar-refractivity contribution >= 4 is 37.6 Å². The van der Waals surface area contributed by atoms with E-state index in [2.05, 4.69) is 77.5 Å². The second-order valence-corrected chi connectivity index (χ2v) is 7.26. The number of hydrogen-bond donors (Lipinski definition) is 0. The molecular formula is C18H13Br2N3. The summed E-state index contributed by atoms with van der Waals surface area (Å²) in [6.07, 6.45) is 4.18. The molecule has 4 rings (SSSR count). The molecule has 0 aliphatic heterocycles. The van der Waals surface area contributed by atoms with Crippen LogP contribution in [0.4, 0.5) is 0 Å². The van der Waals surface area contributed by atoms with Crippen LogP contribution in [0.25, 0.3) is 28.3 Å². The minimum absolute atomic E-state index is 0.926. The lowest BCUT2D eigenvalue weighted by molar-refractivity contribution is 0.945. The highest BCUT2D eigenvalue weighted by Crippen LogP contribution is 2.27. The van der Waals surface area contributed by atoms with E-state index in [1.165, 1.54) is 0 Å². The van der Waals surface area contributed by atoms with E-state index in [0.29, 0.717) is 0 Å². The molecule has 3 nitrogen and oxygen atoms in total. The minimum Gasteiger partial charge on any atom is -0.313 e. The molecule has 0 bridgehead atoms. The topological polar surface area (TPSA) is 22.2 Å². The lowest BCUT2D eigenvalue weighted by Gasteiger charge is -2.03. The summed E-state index contributed by atoms with van der Waals surface area (Å²) in [5, 5.41) is 0. The first-order valence-electron chi connectivity index (χ1n) is 7.18. The van der Waals surface area contributed by atoms with E-state index < -0.39 is 0 Å². The van der Waals surface area contributed by atoms with Crippen LogP contribution < -0.4 is 0 Å². The first-order valence-corrected chi connectivity index (χ1v) is 8.77. The lowest BCUT2D eigenvalue weighted by Crippen LogP contribution is -1.92. The second-order valence-electron chi connectivity index (χ2n) is 5.43.